The summed E-state index contributed by atoms with van der Waals surface area (Å²) in [6.07, 6.45) is 1.46. The van der Waals surface area contributed by atoms with Gasteiger partial charge in [-0.3, -0.25) is 14.4 Å². The van der Waals surface area contributed by atoms with E-state index in [4.69, 9.17) is 34.8 Å². The van der Waals surface area contributed by atoms with Crippen molar-refractivity contribution < 1.29 is 22.8 Å². The van der Waals surface area contributed by atoms with Gasteiger partial charge in [0.05, 0.1) is 11.6 Å². The molecule has 3 amide bonds. The SMILES string of the molecule is CC(C)N1CC2N(C(=O)C(NC(=O)C3CCC3)CN2S(=O)(=O)c2ccc(Cl)cc2Cl)C(Cc2ccc(Cl)cc2)C1=O. The third kappa shape index (κ3) is 5.82. The highest BCUT2D eigenvalue weighted by Gasteiger charge is 2.54. The normalized spacial score (nSPS) is 23.9. The van der Waals surface area contributed by atoms with Gasteiger partial charge < -0.3 is 15.1 Å². The van der Waals surface area contributed by atoms with Crippen LogP contribution >= 0.6 is 34.8 Å². The summed E-state index contributed by atoms with van der Waals surface area (Å²) >= 11 is 18.5. The molecule has 1 saturated carbocycles. The molecule has 0 radical (unpaired) electrons. The molecule has 0 aromatic heterocycles. The Morgan fingerprint density at radius 1 is 0.976 bits per heavy atom. The monoisotopic (exact) mass is 640 g/mol. The van der Waals surface area contributed by atoms with E-state index in [0.29, 0.717) is 17.9 Å². The number of carbonyl (C=O) groups excluding carboxylic acids is 3. The number of hydrogen-bond donors (Lipinski definition) is 1. The fourth-order valence-electron chi connectivity index (χ4n) is 5.59. The van der Waals surface area contributed by atoms with Gasteiger partial charge in [-0.25, -0.2) is 8.42 Å². The van der Waals surface area contributed by atoms with Crippen molar-refractivity contribution in [1.82, 2.24) is 19.4 Å². The number of nitrogens with zero attached hydrogens (tertiary/aromatic N) is 3. The number of fused-ring (bicyclic) bond motifs is 1. The minimum Gasteiger partial charge on any atom is -0.343 e. The summed E-state index contributed by atoms with van der Waals surface area (Å²) < 4.78 is 29.6. The topological polar surface area (TPSA) is 107 Å². The molecule has 13 heteroatoms. The Bertz CT molecular complexity index is 1470. The minimum atomic E-state index is -4.31. The Balaban J connectivity index is 1.59. The third-order valence-corrected chi connectivity index (χ3v) is 10.9. The van der Waals surface area contributed by atoms with Crippen molar-refractivity contribution in [3.8, 4) is 0 Å². The number of halogens is 3. The molecule has 3 unspecified atom stereocenters. The second-order valence-corrected chi connectivity index (χ2v) is 14.1. The van der Waals surface area contributed by atoms with Crippen molar-refractivity contribution in [2.24, 2.45) is 5.92 Å². The van der Waals surface area contributed by atoms with E-state index >= 15 is 0 Å². The Hall–Kier alpha value is -2.37. The molecule has 3 aliphatic rings. The smallest absolute Gasteiger partial charge is 0.248 e. The van der Waals surface area contributed by atoms with Crippen LogP contribution in [-0.4, -0.2) is 77.6 Å². The van der Waals surface area contributed by atoms with E-state index in [-0.39, 0.29) is 58.2 Å². The molecular formula is C28H31Cl3N4O5S. The van der Waals surface area contributed by atoms with Gasteiger partial charge in [0.15, 0.2) is 0 Å². The van der Waals surface area contributed by atoms with Gasteiger partial charge in [-0.05, 0) is 62.6 Å². The summed E-state index contributed by atoms with van der Waals surface area (Å²) in [6, 6.07) is 8.58. The standard InChI is InChI=1S/C28H31Cl3N4O5S/c1-16(2)33-15-25-34(41(39,40)24-11-10-20(30)13-21(24)31)14-22(32-26(36)18-4-3-5-18)27(37)35(25)23(28(33)38)12-17-6-8-19(29)9-7-17/h6-11,13,16,18,22-23,25H,3-5,12,14-15H2,1-2H3,(H,32,36). The predicted octanol–water partition coefficient (Wildman–Crippen LogP) is 3.95. The maximum absolute atomic E-state index is 14.2. The maximum Gasteiger partial charge on any atom is 0.248 e. The first kappa shape index (κ1) is 30.1. The Morgan fingerprint density at radius 2 is 1.63 bits per heavy atom. The number of sulfonamides is 1. The Kier molecular flexibility index (Phi) is 8.61. The van der Waals surface area contributed by atoms with Gasteiger partial charge in [0.1, 0.15) is 23.1 Å². The molecule has 3 fully saturated rings. The van der Waals surface area contributed by atoms with Crippen molar-refractivity contribution in [3.05, 3.63) is 63.1 Å². The predicted molar refractivity (Wildman–Crippen MR) is 156 cm³/mol. The lowest BCUT2D eigenvalue weighted by molar-refractivity contribution is -0.169. The van der Waals surface area contributed by atoms with E-state index in [2.05, 4.69) is 5.32 Å². The quantitative estimate of drug-likeness (QED) is 0.493. The highest BCUT2D eigenvalue weighted by molar-refractivity contribution is 7.89. The van der Waals surface area contributed by atoms with Gasteiger partial charge in [0.2, 0.25) is 27.7 Å². The first-order chi connectivity index (χ1) is 19.4. The van der Waals surface area contributed by atoms with Crippen LogP contribution in [0.2, 0.25) is 15.1 Å². The molecule has 1 aliphatic carbocycles. The van der Waals surface area contributed by atoms with E-state index in [9.17, 15) is 22.8 Å². The molecule has 2 saturated heterocycles. The average molecular weight is 642 g/mol. The summed E-state index contributed by atoms with van der Waals surface area (Å²) in [7, 11) is -4.31. The van der Waals surface area contributed by atoms with Gasteiger partial charge in [-0.2, -0.15) is 4.31 Å². The lowest BCUT2D eigenvalue weighted by atomic mass is 9.84. The van der Waals surface area contributed by atoms with E-state index in [0.717, 1.165) is 12.0 Å². The summed E-state index contributed by atoms with van der Waals surface area (Å²) in [5.74, 6) is -1.31. The molecule has 9 nitrogen and oxygen atoms in total. The number of hydrogen-bond acceptors (Lipinski definition) is 5. The lowest BCUT2D eigenvalue weighted by Crippen LogP contribution is -2.76. The van der Waals surface area contributed by atoms with E-state index < -0.39 is 34.2 Å². The van der Waals surface area contributed by atoms with Gasteiger partial charge in [0.25, 0.3) is 0 Å². The van der Waals surface area contributed by atoms with Crippen LogP contribution in [0, 0.1) is 5.92 Å². The molecule has 0 bridgehead atoms. The summed E-state index contributed by atoms with van der Waals surface area (Å²) in [4.78, 5) is 43.6. The molecule has 2 aromatic rings. The highest BCUT2D eigenvalue weighted by Crippen LogP contribution is 2.35. The largest absolute Gasteiger partial charge is 0.343 e. The van der Waals surface area contributed by atoms with Gasteiger partial charge >= 0.3 is 0 Å². The highest BCUT2D eigenvalue weighted by atomic mass is 35.5. The maximum atomic E-state index is 14.2. The van der Waals surface area contributed by atoms with Crippen LogP contribution in [0.3, 0.4) is 0 Å². The molecule has 2 aromatic carbocycles. The number of nitrogens with one attached hydrogen (secondary N) is 1. The van der Waals surface area contributed by atoms with Crippen molar-refractivity contribution in [2.45, 2.75) is 68.7 Å². The van der Waals surface area contributed by atoms with E-state index in [1.165, 1.54) is 27.4 Å². The first-order valence-corrected chi connectivity index (χ1v) is 16.1. The fourth-order valence-corrected chi connectivity index (χ4v) is 8.05. The first-order valence-electron chi connectivity index (χ1n) is 13.5. The van der Waals surface area contributed by atoms with Crippen LogP contribution in [0.15, 0.2) is 47.4 Å². The third-order valence-electron chi connectivity index (χ3n) is 8.07. The van der Waals surface area contributed by atoms with Gasteiger partial charge in [0, 0.05) is 35.0 Å². The Labute approximate surface area is 254 Å². The summed E-state index contributed by atoms with van der Waals surface area (Å²) in [5.41, 5.74) is 0.751. The van der Waals surface area contributed by atoms with Crippen LogP contribution in [0.1, 0.15) is 38.7 Å². The molecule has 220 valence electrons. The lowest BCUT2D eigenvalue weighted by Gasteiger charge is -2.54. The number of rotatable bonds is 7. The molecular weight excluding hydrogens is 611 g/mol. The summed E-state index contributed by atoms with van der Waals surface area (Å²) in [5, 5.41) is 3.51. The second kappa shape index (κ2) is 11.7. The molecule has 3 atom stereocenters. The van der Waals surface area contributed by atoms with Crippen LogP contribution in [0.4, 0.5) is 0 Å². The molecule has 5 rings (SSSR count). The zero-order valence-corrected chi connectivity index (χ0v) is 25.7. The number of benzene rings is 2. The van der Waals surface area contributed by atoms with Crippen molar-refractivity contribution in [2.75, 3.05) is 13.1 Å². The second-order valence-electron chi connectivity index (χ2n) is 11.0. The summed E-state index contributed by atoms with van der Waals surface area (Å²) in [6.45, 7) is 3.35. The van der Waals surface area contributed by atoms with Crippen molar-refractivity contribution in [1.29, 1.82) is 0 Å². The molecule has 0 spiro atoms. The Morgan fingerprint density at radius 3 is 2.22 bits per heavy atom. The minimum absolute atomic E-state index is 0.0346. The van der Waals surface area contributed by atoms with Gasteiger partial charge in [-0.15, -0.1) is 0 Å². The number of amides is 3. The molecule has 41 heavy (non-hydrogen) atoms. The van der Waals surface area contributed by atoms with Gasteiger partial charge in [-0.1, -0.05) is 53.4 Å². The average Bonchev–Trinajstić information content (AvgIpc) is 2.86. The zero-order chi connectivity index (χ0) is 29.6. The van der Waals surface area contributed by atoms with Crippen LogP contribution in [0.5, 0.6) is 0 Å². The van der Waals surface area contributed by atoms with Crippen LogP contribution in [0.25, 0.3) is 0 Å². The molecule has 2 aliphatic heterocycles. The molecule has 1 N–H and O–H groups in total. The molecule has 2 heterocycles. The van der Waals surface area contributed by atoms with Crippen molar-refractivity contribution >= 4 is 62.5 Å². The zero-order valence-electron chi connectivity index (χ0n) is 22.6. The van der Waals surface area contributed by atoms with Crippen LogP contribution < -0.4 is 5.32 Å². The number of piperazine rings is 1. The number of carbonyl (C=O) groups is 3. The van der Waals surface area contributed by atoms with E-state index in [1.807, 2.05) is 13.8 Å². The van der Waals surface area contributed by atoms with E-state index in [1.54, 1.807) is 29.2 Å². The van der Waals surface area contributed by atoms with Crippen LogP contribution in [-0.2, 0) is 30.8 Å². The fraction of sp³-hybridized carbons (Fsp3) is 0.464. The van der Waals surface area contributed by atoms with Crippen molar-refractivity contribution in [3.63, 3.8) is 0 Å².